The quantitative estimate of drug-likeness (QED) is 0.357. The SMILES string of the molecule is COc1cc(C=NNC(=S)Nc2ccc(Cl)cc2Cl)ccc1OCC(N)=O. The second kappa shape index (κ2) is 9.96. The summed E-state index contributed by atoms with van der Waals surface area (Å²) in [5.41, 5.74) is 9.06. The van der Waals surface area contributed by atoms with Crippen LogP contribution < -0.4 is 25.9 Å². The Labute approximate surface area is 171 Å². The number of rotatable bonds is 7. The van der Waals surface area contributed by atoms with Gasteiger partial charge in [-0.2, -0.15) is 5.10 Å². The topological polar surface area (TPSA) is 98.0 Å². The van der Waals surface area contributed by atoms with Crippen LogP contribution in [0.15, 0.2) is 41.5 Å². The Hall–Kier alpha value is -2.55. The second-order valence-corrected chi connectivity index (χ2v) is 6.37. The van der Waals surface area contributed by atoms with E-state index in [1.54, 1.807) is 36.4 Å². The van der Waals surface area contributed by atoms with Crippen molar-refractivity contribution in [2.75, 3.05) is 19.0 Å². The maximum absolute atomic E-state index is 10.8. The van der Waals surface area contributed by atoms with Gasteiger partial charge < -0.3 is 20.5 Å². The van der Waals surface area contributed by atoms with Crippen molar-refractivity contribution in [2.45, 2.75) is 0 Å². The van der Waals surface area contributed by atoms with Crippen molar-refractivity contribution >= 4 is 58.3 Å². The van der Waals surface area contributed by atoms with Crippen molar-refractivity contribution in [3.05, 3.63) is 52.0 Å². The fraction of sp³-hybridized carbons (Fsp3) is 0.118. The van der Waals surface area contributed by atoms with E-state index in [9.17, 15) is 4.79 Å². The lowest BCUT2D eigenvalue weighted by molar-refractivity contribution is -0.119. The average molecular weight is 427 g/mol. The molecule has 0 aromatic heterocycles. The van der Waals surface area contributed by atoms with E-state index in [4.69, 9.17) is 50.6 Å². The number of primary amides is 1. The number of nitrogens with one attached hydrogen (secondary N) is 2. The van der Waals surface area contributed by atoms with E-state index in [2.05, 4.69) is 15.8 Å². The highest BCUT2D eigenvalue weighted by Gasteiger charge is 2.07. The van der Waals surface area contributed by atoms with E-state index in [0.717, 1.165) is 5.56 Å². The maximum Gasteiger partial charge on any atom is 0.255 e. The molecule has 0 heterocycles. The van der Waals surface area contributed by atoms with Crippen LogP contribution in [0.1, 0.15) is 5.56 Å². The number of amides is 1. The van der Waals surface area contributed by atoms with Crippen LogP contribution in [0.4, 0.5) is 5.69 Å². The van der Waals surface area contributed by atoms with Gasteiger partial charge in [0.15, 0.2) is 23.2 Å². The summed E-state index contributed by atoms with van der Waals surface area (Å²) in [4.78, 5) is 10.8. The largest absolute Gasteiger partial charge is 0.493 e. The van der Waals surface area contributed by atoms with Gasteiger partial charge in [-0.15, -0.1) is 0 Å². The number of thiocarbonyl (C=S) groups is 1. The highest BCUT2D eigenvalue weighted by atomic mass is 35.5. The van der Waals surface area contributed by atoms with Crippen molar-refractivity contribution < 1.29 is 14.3 Å². The third kappa shape index (κ3) is 6.59. The van der Waals surface area contributed by atoms with Crippen LogP contribution in [-0.2, 0) is 4.79 Å². The summed E-state index contributed by atoms with van der Waals surface area (Å²) < 4.78 is 10.5. The number of benzene rings is 2. The van der Waals surface area contributed by atoms with Crippen LogP contribution in [0.2, 0.25) is 10.0 Å². The number of ether oxygens (including phenoxy) is 2. The normalized spacial score (nSPS) is 10.5. The number of hydrogen-bond acceptors (Lipinski definition) is 5. The van der Waals surface area contributed by atoms with Gasteiger partial charge in [-0.05, 0) is 54.2 Å². The number of carbonyl (C=O) groups excluding carboxylic acids is 1. The molecule has 0 spiro atoms. The van der Waals surface area contributed by atoms with Crippen molar-refractivity contribution in [2.24, 2.45) is 10.8 Å². The lowest BCUT2D eigenvalue weighted by atomic mass is 10.2. The minimum absolute atomic E-state index is 0.238. The summed E-state index contributed by atoms with van der Waals surface area (Å²) >= 11 is 17.1. The third-order valence-corrected chi connectivity index (χ3v) is 3.86. The molecule has 0 saturated carbocycles. The summed E-state index contributed by atoms with van der Waals surface area (Å²) in [6.07, 6.45) is 1.54. The summed E-state index contributed by atoms with van der Waals surface area (Å²) in [5, 5.41) is 8.17. The summed E-state index contributed by atoms with van der Waals surface area (Å²) in [6.45, 7) is -0.238. The zero-order chi connectivity index (χ0) is 19.8. The first-order chi connectivity index (χ1) is 12.9. The zero-order valence-electron chi connectivity index (χ0n) is 14.2. The van der Waals surface area contributed by atoms with Crippen molar-refractivity contribution in [3.63, 3.8) is 0 Å². The predicted molar refractivity (Wildman–Crippen MR) is 111 cm³/mol. The minimum Gasteiger partial charge on any atom is -0.493 e. The summed E-state index contributed by atoms with van der Waals surface area (Å²) in [5.74, 6) is 0.263. The number of hydrogen-bond donors (Lipinski definition) is 3. The Morgan fingerprint density at radius 1 is 1.26 bits per heavy atom. The number of methoxy groups -OCH3 is 1. The molecular weight excluding hydrogens is 411 g/mol. The molecule has 27 heavy (non-hydrogen) atoms. The molecule has 1 amide bonds. The fourth-order valence-corrected chi connectivity index (χ4v) is 2.56. The van der Waals surface area contributed by atoms with Gasteiger partial charge in [0.1, 0.15) is 0 Å². The highest BCUT2D eigenvalue weighted by molar-refractivity contribution is 7.80. The molecule has 10 heteroatoms. The van der Waals surface area contributed by atoms with Gasteiger partial charge >= 0.3 is 0 Å². The Morgan fingerprint density at radius 3 is 2.70 bits per heavy atom. The molecule has 2 aromatic carbocycles. The van der Waals surface area contributed by atoms with Gasteiger partial charge in [0.25, 0.3) is 5.91 Å². The number of nitrogens with two attached hydrogens (primary N) is 1. The second-order valence-electron chi connectivity index (χ2n) is 5.11. The van der Waals surface area contributed by atoms with E-state index in [1.807, 2.05) is 0 Å². The van der Waals surface area contributed by atoms with Gasteiger partial charge in [-0.3, -0.25) is 10.2 Å². The molecule has 0 fully saturated rings. The molecule has 0 unspecified atom stereocenters. The van der Waals surface area contributed by atoms with E-state index < -0.39 is 5.91 Å². The number of halogens is 2. The molecular formula is C17H16Cl2N4O3S. The number of anilines is 1. The average Bonchev–Trinajstić information content (AvgIpc) is 2.62. The standard InChI is InChI=1S/C17H16Cl2N4O3S/c1-25-15-6-10(2-5-14(15)26-9-16(20)24)8-21-23-17(27)22-13-4-3-11(18)7-12(13)19/h2-8H,9H2,1H3,(H2,20,24)(H2,22,23,27). The smallest absolute Gasteiger partial charge is 0.255 e. The molecule has 0 radical (unpaired) electrons. The van der Waals surface area contributed by atoms with E-state index in [1.165, 1.54) is 13.3 Å². The van der Waals surface area contributed by atoms with Gasteiger partial charge in [0.2, 0.25) is 0 Å². The molecule has 2 aromatic rings. The Morgan fingerprint density at radius 2 is 2.04 bits per heavy atom. The van der Waals surface area contributed by atoms with Crippen LogP contribution in [0.25, 0.3) is 0 Å². The molecule has 7 nitrogen and oxygen atoms in total. The van der Waals surface area contributed by atoms with E-state index in [-0.39, 0.29) is 11.7 Å². The zero-order valence-corrected chi connectivity index (χ0v) is 16.5. The van der Waals surface area contributed by atoms with Gasteiger partial charge in [0.05, 0.1) is 24.0 Å². The van der Waals surface area contributed by atoms with Crippen molar-refractivity contribution in [1.29, 1.82) is 0 Å². The Bertz CT molecular complexity index is 877. The molecule has 0 aliphatic carbocycles. The highest BCUT2D eigenvalue weighted by Crippen LogP contribution is 2.27. The van der Waals surface area contributed by atoms with Crippen LogP contribution in [0.3, 0.4) is 0 Å². The van der Waals surface area contributed by atoms with Gasteiger partial charge in [-0.1, -0.05) is 23.2 Å². The predicted octanol–water partition coefficient (Wildman–Crippen LogP) is 3.19. The molecule has 0 atom stereocenters. The molecule has 142 valence electrons. The summed E-state index contributed by atoms with van der Waals surface area (Å²) in [6, 6.07) is 10.1. The van der Waals surface area contributed by atoms with Gasteiger partial charge in [-0.25, -0.2) is 0 Å². The molecule has 4 N–H and O–H groups in total. The fourth-order valence-electron chi connectivity index (χ4n) is 1.94. The van der Waals surface area contributed by atoms with Gasteiger partial charge in [0, 0.05) is 5.02 Å². The molecule has 2 rings (SSSR count). The van der Waals surface area contributed by atoms with E-state index >= 15 is 0 Å². The lowest BCUT2D eigenvalue weighted by Crippen LogP contribution is -2.24. The molecule has 0 aliphatic heterocycles. The first kappa shape index (κ1) is 20.8. The van der Waals surface area contributed by atoms with Crippen LogP contribution in [0.5, 0.6) is 11.5 Å². The van der Waals surface area contributed by atoms with E-state index in [0.29, 0.717) is 27.2 Å². The van der Waals surface area contributed by atoms with Crippen molar-refractivity contribution in [1.82, 2.24) is 5.43 Å². The number of hydrazone groups is 1. The Kier molecular flexibility index (Phi) is 7.66. The number of nitrogens with zero attached hydrogens (tertiary/aromatic N) is 1. The lowest BCUT2D eigenvalue weighted by Gasteiger charge is -2.10. The maximum atomic E-state index is 10.8. The van der Waals surface area contributed by atoms with Crippen molar-refractivity contribution in [3.8, 4) is 11.5 Å². The first-order valence-corrected chi connectivity index (χ1v) is 8.69. The van der Waals surface area contributed by atoms with Crippen LogP contribution in [-0.4, -0.2) is 31.0 Å². The number of carbonyl (C=O) groups is 1. The van der Waals surface area contributed by atoms with Crippen LogP contribution in [0, 0.1) is 0 Å². The first-order valence-electron chi connectivity index (χ1n) is 7.53. The molecule has 0 aliphatic rings. The molecule has 0 bridgehead atoms. The van der Waals surface area contributed by atoms with Crippen LogP contribution >= 0.6 is 35.4 Å². The summed E-state index contributed by atoms with van der Waals surface area (Å²) in [7, 11) is 1.49. The third-order valence-electron chi connectivity index (χ3n) is 3.12. The molecule has 0 saturated heterocycles. The Balaban J connectivity index is 1.96. The minimum atomic E-state index is -0.575. The monoisotopic (exact) mass is 426 g/mol.